The first-order chi connectivity index (χ1) is 15.5. The van der Waals surface area contributed by atoms with Crippen LogP contribution in [0.3, 0.4) is 0 Å². The van der Waals surface area contributed by atoms with E-state index in [-0.39, 0.29) is 11.5 Å². The van der Waals surface area contributed by atoms with Crippen LogP contribution in [0.5, 0.6) is 11.5 Å². The van der Waals surface area contributed by atoms with Crippen LogP contribution >= 0.6 is 0 Å². The highest BCUT2D eigenvalue weighted by Gasteiger charge is 2.23. The maximum Gasteiger partial charge on any atom is 0.291 e. The lowest BCUT2D eigenvalue weighted by atomic mass is 10.1. The Morgan fingerprint density at radius 3 is 2.66 bits per heavy atom. The van der Waals surface area contributed by atoms with Crippen molar-refractivity contribution >= 4 is 22.5 Å². The molecule has 32 heavy (non-hydrogen) atoms. The van der Waals surface area contributed by atoms with E-state index in [9.17, 15) is 9.59 Å². The second kappa shape index (κ2) is 8.78. The molecule has 3 heterocycles. The monoisotopic (exact) mass is 438 g/mol. The summed E-state index contributed by atoms with van der Waals surface area (Å²) in [7, 11) is 3.17. The van der Waals surface area contributed by atoms with Crippen LogP contribution in [0, 0.1) is 6.92 Å². The van der Waals surface area contributed by atoms with E-state index in [4.69, 9.17) is 13.9 Å². The third kappa shape index (κ3) is 3.70. The van der Waals surface area contributed by atoms with E-state index < -0.39 is 6.04 Å². The number of hydrogen-bond donors (Lipinski definition) is 1. The second-order valence-corrected chi connectivity index (χ2v) is 7.49. The normalized spacial score (nSPS) is 12.2. The number of methoxy groups -OCH3 is 2. The molecule has 4 aromatic rings. The number of ether oxygens (including phenoxy) is 2. The Kier molecular flexibility index (Phi) is 5.89. The van der Waals surface area contributed by atoms with Crippen LogP contribution in [0.1, 0.15) is 30.8 Å². The van der Waals surface area contributed by atoms with Crippen molar-refractivity contribution in [2.24, 2.45) is 0 Å². The van der Waals surface area contributed by atoms with E-state index in [1.165, 1.54) is 4.68 Å². The smallest absolute Gasteiger partial charge is 0.291 e. The van der Waals surface area contributed by atoms with E-state index in [2.05, 4.69) is 10.4 Å². The highest BCUT2D eigenvalue weighted by Crippen LogP contribution is 2.27. The van der Waals surface area contributed by atoms with Gasteiger partial charge in [-0.15, -0.1) is 0 Å². The SMILES string of the molecule is CC[C@@H](C(=O)NCCc1ccc(OC)c(OC)c1)n1nc(C)n2c(cc3occc32)c1=O. The summed E-state index contributed by atoms with van der Waals surface area (Å²) in [4.78, 5) is 26.0. The topological polar surface area (TPSA) is 100 Å². The van der Waals surface area contributed by atoms with Gasteiger partial charge in [0.1, 0.15) is 17.4 Å². The van der Waals surface area contributed by atoms with Gasteiger partial charge in [0, 0.05) is 18.7 Å². The summed E-state index contributed by atoms with van der Waals surface area (Å²) in [5, 5.41) is 7.36. The largest absolute Gasteiger partial charge is 0.493 e. The lowest BCUT2D eigenvalue weighted by Gasteiger charge is -2.18. The molecule has 0 bridgehead atoms. The van der Waals surface area contributed by atoms with Crippen molar-refractivity contribution in [3.8, 4) is 11.5 Å². The van der Waals surface area contributed by atoms with Crippen molar-refractivity contribution in [2.45, 2.75) is 32.7 Å². The second-order valence-electron chi connectivity index (χ2n) is 7.49. The summed E-state index contributed by atoms with van der Waals surface area (Å²) in [6.45, 7) is 4.08. The molecule has 0 spiro atoms. The summed E-state index contributed by atoms with van der Waals surface area (Å²) >= 11 is 0. The summed E-state index contributed by atoms with van der Waals surface area (Å²) in [6.07, 6.45) is 2.61. The Morgan fingerprint density at radius 1 is 1.16 bits per heavy atom. The van der Waals surface area contributed by atoms with Crippen molar-refractivity contribution in [1.29, 1.82) is 0 Å². The molecule has 1 N–H and O–H groups in total. The molecule has 4 rings (SSSR count). The molecule has 0 saturated heterocycles. The van der Waals surface area contributed by atoms with Gasteiger partial charge in [-0.25, -0.2) is 4.68 Å². The number of benzene rings is 1. The van der Waals surface area contributed by atoms with Crippen LogP contribution in [0.2, 0.25) is 0 Å². The van der Waals surface area contributed by atoms with Gasteiger partial charge in [-0.05, 0) is 37.5 Å². The molecule has 9 nitrogen and oxygen atoms in total. The van der Waals surface area contributed by atoms with Crippen LogP contribution < -0.4 is 20.3 Å². The Labute approximate surface area is 184 Å². The lowest BCUT2D eigenvalue weighted by Crippen LogP contribution is -2.40. The number of furan rings is 1. The number of nitrogens with zero attached hydrogens (tertiary/aromatic N) is 3. The maximum absolute atomic E-state index is 13.1. The lowest BCUT2D eigenvalue weighted by molar-refractivity contribution is -0.124. The van der Waals surface area contributed by atoms with Crippen LogP contribution in [-0.2, 0) is 11.2 Å². The molecule has 1 atom stereocenters. The molecule has 3 aromatic heterocycles. The molecule has 168 valence electrons. The molecular weight excluding hydrogens is 412 g/mol. The van der Waals surface area contributed by atoms with Gasteiger partial charge in [0.05, 0.1) is 26.0 Å². The van der Waals surface area contributed by atoms with Gasteiger partial charge in [0.15, 0.2) is 17.1 Å². The average Bonchev–Trinajstić information content (AvgIpc) is 3.39. The minimum absolute atomic E-state index is 0.249. The van der Waals surface area contributed by atoms with E-state index in [1.54, 1.807) is 43.9 Å². The molecule has 0 fully saturated rings. The highest BCUT2D eigenvalue weighted by molar-refractivity contribution is 5.83. The number of carbonyl (C=O) groups excluding carboxylic acids is 1. The third-order valence-electron chi connectivity index (χ3n) is 5.57. The van der Waals surface area contributed by atoms with E-state index in [1.807, 2.05) is 25.1 Å². The fraction of sp³-hybridized carbons (Fsp3) is 0.348. The Morgan fingerprint density at radius 2 is 1.94 bits per heavy atom. The van der Waals surface area contributed by atoms with Crippen molar-refractivity contribution in [1.82, 2.24) is 19.5 Å². The van der Waals surface area contributed by atoms with Gasteiger partial charge in [0.25, 0.3) is 5.56 Å². The molecule has 0 aliphatic rings. The average molecular weight is 438 g/mol. The molecule has 0 saturated carbocycles. The summed E-state index contributed by atoms with van der Waals surface area (Å²) in [5.41, 5.74) is 2.49. The Hall–Kier alpha value is -3.75. The molecule has 0 unspecified atom stereocenters. The van der Waals surface area contributed by atoms with E-state index in [0.29, 0.717) is 47.8 Å². The highest BCUT2D eigenvalue weighted by atomic mass is 16.5. The van der Waals surface area contributed by atoms with Gasteiger partial charge in [-0.1, -0.05) is 13.0 Å². The van der Waals surface area contributed by atoms with Crippen LogP contribution in [-0.4, -0.2) is 40.9 Å². The number of aromatic nitrogens is 3. The first kappa shape index (κ1) is 21.5. The van der Waals surface area contributed by atoms with E-state index >= 15 is 0 Å². The number of rotatable bonds is 8. The van der Waals surface area contributed by atoms with Gasteiger partial charge < -0.3 is 19.2 Å². The summed E-state index contributed by atoms with van der Waals surface area (Å²) in [6, 6.07) is 8.41. The van der Waals surface area contributed by atoms with Crippen LogP contribution in [0.4, 0.5) is 0 Å². The molecule has 0 aliphatic carbocycles. The number of carbonyl (C=O) groups is 1. The summed E-state index contributed by atoms with van der Waals surface area (Å²) < 4.78 is 19.0. The van der Waals surface area contributed by atoms with Crippen LogP contribution in [0.15, 0.2) is 45.8 Å². The van der Waals surface area contributed by atoms with E-state index in [0.717, 1.165) is 11.1 Å². The molecule has 9 heteroatoms. The Balaban J connectivity index is 1.52. The van der Waals surface area contributed by atoms with Crippen molar-refractivity contribution in [2.75, 3.05) is 20.8 Å². The number of aryl methyl sites for hydroxylation is 1. The number of amides is 1. The predicted molar refractivity (Wildman–Crippen MR) is 120 cm³/mol. The minimum atomic E-state index is -0.710. The number of fused-ring (bicyclic) bond motifs is 3. The fourth-order valence-corrected chi connectivity index (χ4v) is 3.96. The quantitative estimate of drug-likeness (QED) is 0.454. The first-order valence-corrected chi connectivity index (χ1v) is 10.4. The van der Waals surface area contributed by atoms with Crippen molar-refractivity contribution in [3.63, 3.8) is 0 Å². The van der Waals surface area contributed by atoms with Gasteiger partial charge >= 0.3 is 0 Å². The Bertz CT molecular complexity index is 1330. The minimum Gasteiger partial charge on any atom is -0.493 e. The van der Waals surface area contributed by atoms with Crippen molar-refractivity contribution < 1.29 is 18.7 Å². The maximum atomic E-state index is 13.1. The predicted octanol–water partition coefficient (Wildman–Crippen LogP) is 2.88. The van der Waals surface area contributed by atoms with Gasteiger partial charge in [-0.2, -0.15) is 5.10 Å². The first-order valence-electron chi connectivity index (χ1n) is 10.4. The molecule has 0 aliphatic heterocycles. The fourth-order valence-electron chi connectivity index (χ4n) is 3.96. The van der Waals surface area contributed by atoms with Gasteiger partial charge in [0.2, 0.25) is 5.91 Å². The standard InChI is InChI=1S/C23H26N4O5/c1-5-16(22(28)24-10-8-15-6-7-19(30-3)21(12-15)31-4)27-23(29)18-13-20-17(9-11-32-20)26(18)14(2)25-27/h6-7,9,11-13,16H,5,8,10H2,1-4H3,(H,24,28)/t16-/m0/s1. The molecule has 0 radical (unpaired) electrons. The molecule has 1 aromatic carbocycles. The molecular formula is C23H26N4O5. The van der Waals surface area contributed by atoms with Crippen LogP contribution in [0.25, 0.3) is 16.6 Å². The zero-order chi connectivity index (χ0) is 22.8. The summed E-state index contributed by atoms with van der Waals surface area (Å²) in [5.74, 6) is 1.65. The zero-order valence-corrected chi connectivity index (χ0v) is 18.5. The zero-order valence-electron chi connectivity index (χ0n) is 18.5. The number of hydrogen-bond acceptors (Lipinski definition) is 6. The van der Waals surface area contributed by atoms with Gasteiger partial charge in [-0.3, -0.25) is 14.0 Å². The third-order valence-corrected chi connectivity index (χ3v) is 5.57. The number of nitrogens with one attached hydrogen (secondary N) is 1. The molecule has 1 amide bonds. The van der Waals surface area contributed by atoms with Crippen molar-refractivity contribution in [3.05, 3.63) is 58.3 Å².